The molecule has 0 radical (unpaired) electrons. The molecule has 0 bridgehead atoms. The molecule has 1 aliphatic carbocycles. The van der Waals surface area contributed by atoms with Gasteiger partial charge >= 0.3 is 5.97 Å². The quantitative estimate of drug-likeness (QED) is 0.191. The molecule has 0 unspecified atom stereocenters. The number of hydrogen-bond acceptors (Lipinski definition) is 9. The van der Waals surface area contributed by atoms with Gasteiger partial charge in [-0.15, -0.1) is 0 Å². The van der Waals surface area contributed by atoms with Crippen LogP contribution in [-0.4, -0.2) is 96.8 Å². The molecule has 1 heterocycles. The summed E-state index contributed by atoms with van der Waals surface area (Å²) in [6, 6.07) is 0. The highest BCUT2D eigenvalue weighted by Gasteiger charge is 2.61. The van der Waals surface area contributed by atoms with E-state index in [1.54, 1.807) is 20.8 Å². The van der Waals surface area contributed by atoms with Crippen LogP contribution in [0.1, 0.15) is 40.0 Å². The minimum atomic E-state index is -1.82. The Morgan fingerprint density at radius 1 is 1.13 bits per heavy atom. The summed E-state index contributed by atoms with van der Waals surface area (Å²) in [6.07, 6.45) is -2.44. The SMILES string of the molecule is CC(C=C[C@@]1(O)[C@](C)(CO)CCC[C@@]1(C)O[C@@H]1O[C@H](CO)[C@@H](O)[C@H](O)[C@H]1O)=CC(=O)O. The maximum atomic E-state index is 11.8. The van der Waals surface area contributed by atoms with Gasteiger partial charge < -0.3 is 45.2 Å². The Labute approximate surface area is 181 Å². The van der Waals surface area contributed by atoms with Crippen LogP contribution in [0.15, 0.2) is 23.8 Å². The second-order valence-electron chi connectivity index (χ2n) is 8.94. The highest BCUT2D eigenvalue weighted by Crippen LogP contribution is 2.52. The van der Waals surface area contributed by atoms with Crippen molar-refractivity contribution in [3.05, 3.63) is 23.8 Å². The van der Waals surface area contributed by atoms with E-state index in [4.69, 9.17) is 14.6 Å². The van der Waals surface area contributed by atoms with Gasteiger partial charge in [0.05, 0.1) is 13.2 Å². The molecule has 0 amide bonds. The van der Waals surface area contributed by atoms with Gasteiger partial charge in [0.25, 0.3) is 0 Å². The molecule has 8 atom stereocenters. The second kappa shape index (κ2) is 9.63. The van der Waals surface area contributed by atoms with Crippen LogP contribution in [0.2, 0.25) is 0 Å². The van der Waals surface area contributed by atoms with Crippen LogP contribution in [0.5, 0.6) is 0 Å². The lowest BCUT2D eigenvalue weighted by Gasteiger charge is -2.57. The van der Waals surface area contributed by atoms with Gasteiger partial charge in [0.1, 0.15) is 35.6 Å². The van der Waals surface area contributed by atoms with Gasteiger partial charge in [-0.3, -0.25) is 0 Å². The number of carboxylic acids is 1. The zero-order valence-corrected chi connectivity index (χ0v) is 18.0. The molecule has 2 rings (SSSR count). The van der Waals surface area contributed by atoms with Crippen molar-refractivity contribution in [3.8, 4) is 0 Å². The Morgan fingerprint density at radius 2 is 1.77 bits per heavy atom. The monoisotopic (exact) mass is 446 g/mol. The Hall–Kier alpha value is -1.37. The van der Waals surface area contributed by atoms with Crippen molar-refractivity contribution >= 4 is 5.97 Å². The smallest absolute Gasteiger partial charge is 0.328 e. The number of allylic oxidation sites excluding steroid dienone is 2. The van der Waals surface area contributed by atoms with Crippen LogP contribution in [-0.2, 0) is 14.3 Å². The molecule has 1 saturated heterocycles. The standard InChI is InChI=1S/C21H34O10/c1-12(9-14(24)25)5-8-21(29)19(2,11-23)6-4-7-20(21,3)31-18-17(28)16(27)15(26)13(10-22)30-18/h5,8-9,13,15-18,22-23,26-29H,4,6-7,10-11H2,1-3H3,(H,24,25)/t13-,15-,16+,17-,18+,19+,20-,21-/m1/s1. The summed E-state index contributed by atoms with van der Waals surface area (Å²) in [6.45, 7) is 3.76. The maximum absolute atomic E-state index is 11.8. The van der Waals surface area contributed by atoms with Gasteiger partial charge in [0, 0.05) is 11.5 Å². The molecular weight excluding hydrogens is 412 g/mol. The van der Waals surface area contributed by atoms with Crippen LogP contribution < -0.4 is 0 Å². The molecular formula is C21H34O10. The summed E-state index contributed by atoms with van der Waals surface area (Å²) >= 11 is 0. The highest BCUT2D eigenvalue weighted by molar-refractivity contribution is 5.81. The summed E-state index contributed by atoms with van der Waals surface area (Å²) in [5.41, 5.74) is -3.98. The van der Waals surface area contributed by atoms with Crippen LogP contribution in [0, 0.1) is 5.41 Å². The fraction of sp³-hybridized carbons (Fsp3) is 0.762. The summed E-state index contributed by atoms with van der Waals surface area (Å²) in [7, 11) is 0. The van der Waals surface area contributed by atoms with Gasteiger partial charge in [0.15, 0.2) is 6.29 Å². The first-order chi connectivity index (χ1) is 14.3. The molecule has 0 spiro atoms. The minimum Gasteiger partial charge on any atom is -0.478 e. The number of aliphatic carboxylic acids is 1. The zero-order valence-electron chi connectivity index (χ0n) is 18.0. The number of aliphatic hydroxyl groups is 6. The average Bonchev–Trinajstić information content (AvgIpc) is 2.70. The van der Waals surface area contributed by atoms with Gasteiger partial charge in [-0.05, 0) is 44.8 Å². The lowest BCUT2D eigenvalue weighted by molar-refractivity contribution is -0.354. The topological polar surface area (TPSA) is 177 Å². The Morgan fingerprint density at radius 3 is 2.32 bits per heavy atom. The van der Waals surface area contributed by atoms with Crippen molar-refractivity contribution in [2.75, 3.05) is 13.2 Å². The molecule has 1 aliphatic heterocycles. The third-order valence-electron chi connectivity index (χ3n) is 6.62. The van der Waals surface area contributed by atoms with E-state index in [9.17, 15) is 35.4 Å². The Balaban J connectivity index is 2.44. The molecule has 7 N–H and O–H groups in total. The van der Waals surface area contributed by atoms with E-state index in [1.807, 2.05) is 0 Å². The fourth-order valence-corrected chi connectivity index (χ4v) is 4.48. The van der Waals surface area contributed by atoms with Gasteiger partial charge in [-0.1, -0.05) is 13.0 Å². The highest BCUT2D eigenvalue weighted by atomic mass is 16.7. The maximum Gasteiger partial charge on any atom is 0.328 e. The normalized spacial score (nSPS) is 44.5. The van der Waals surface area contributed by atoms with Crippen molar-refractivity contribution in [2.24, 2.45) is 5.41 Å². The third kappa shape index (κ3) is 4.86. The predicted molar refractivity (Wildman–Crippen MR) is 108 cm³/mol. The molecule has 1 saturated carbocycles. The average molecular weight is 446 g/mol. The molecule has 10 nitrogen and oxygen atoms in total. The number of rotatable bonds is 7. The zero-order chi connectivity index (χ0) is 23.6. The van der Waals surface area contributed by atoms with Crippen molar-refractivity contribution in [2.45, 2.75) is 81.9 Å². The molecule has 31 heavy (non-hydrogen) atoms. The number of hydrogen-bond donors (Lipinski definition) is 7. The number of ether oxygens (including phenoxy) is 2. The summed E-state index contributed by atoms with van der Waals surface area (Å²) in [5, 5.41) is 70.7. The van der Waals surface area contributed by atoms with Crippen molar-refractivity contribution in [3.63, 3.8) is 0 Å². The summed E-state index contributed by atoms with van der Waals surface area (Å²) in [4.78, 5) is 10.9. The van der Waals surface area contributed by atoms with E-state index in [2.05, 4.69) is 0 Å². The van der Waals surface area contributed by atoms with Crippen molar-refractivity contribution in [1.82, 2.24) is 0 Å². The first-order valence-corrected chi connectivity index (χ1v) is 10.3. The van der Waals surface area contributed by atoms with E-state index in [-0.39, 0.29) is 0 Å². The lowest BCUT2D eigenvalue weighted by atomic mass is 9.57. The molecule has 0 aromatic heterocycles. The fourth-order valence-electron chi connectivity index (χ4n) is 4.48. The van der Waals surface area contributed by atoms with E-state index in [1.165, 1.54) is 12.2 Å². The van der Waals surface area contributed by atoms with Crippen molar-refractivity contribution < 1.29 is 50.0 Å². The number of carboxylic acid groups (broad SMARTS) is 1. The van der Waals surface area contributed by atoms with Crippen LogP contribution in [0.3, 0.4) is 0 Å². The van der Waals surface area contributed by atoms with Crippen LogP contribution >= 0.6 is 0 Å². The predicted octanol–water partition coefficient (Wildman–Crippen LogP) is -0.938. The van der Waals surface area contributed by atoms with Gasteiger partial charge in [0.2, 0.25) is 0 Å². The Bertz CT molecular complexity index is 706. The molecule has 2 aliphatic rings. The van der Waals surface area contributed by atoms with E-state index in [0.29, 0.717) is 24.8 Å². The minimum absolute atomic E-state index is 0.292. The Kier molecular flexibility index (Phi) is 8.05. The first-order valence-electron chi connectivity index (χ1n) is 10.3. The van der Waals surface area contributed by atoms with Gasteiger partial charge in [-0.2, -0.15) is 0 Å². The number of aliphatic hydroxyl groups excluding tert-OH is 5. The summed E-state index contributed by atoms with van der Waals surface area (Å²) in [5.74, 6) is -1.15. The van der Waals surface area contributed by atoms with Crippen LogP contribution in [0.4, 0.5) is 0 Å². The van der Waals surface area contributed by atoms with E-state index >= 15 is 0 Å². The van der Waals surface area contributed by atoms with Gasteiger partial charge in [-0.25, -0.2) is 4.79 Å². The second-order valence-corrected chi connectivity index (χ2v) is 8.94. The molecule has 0 aromatic carbocycles. The number of carbonyl (C=O) groups is 1. The molecule has 10 heteroatoms. The summed E-state index contributed by atoms with van der Waals surface area (Å²) < 4.78 is 11.5. The van der Waals surface area contributed by atoms with Crippen molar-refractivity contribution in [1.29, 1.82) is 0 Å². The first kappa shape index (κ1) is 25.9. The molecule has 178 valence electrons. The van der Waals surface area contributed by atoms with Crippen LogP contribution in [0.25, 0.3) is 0 Å². The lowest BCUT2D eigenvalue weighted by Crippen LogP contribution is -2.68. The largest absolute Gasteiger partial charge is 0.478 e. The third-order valence-corrected chi connectivity index (χ3v) is 6.62. The molecule has 2 fully saturated rings. The van der Waals surface area contributed by atoms with E-state index < -0.39 is 66.5 Å². The van der Waals surface area contributed by atoms with E-state index in [0.717, 1.165) is 6.08 Å². The molecule has 0 aromatic rings.